The third-order valence-corrected chi connectivity index (χ3v) is 10.2. The minimum absolute atomic E-state index is 1.24. The van der Waals surface area contributed by atoms with Gasteiger partial charge >= 0.3 is 0 Å². The lowest BCUT2D eigenvalue weighted by molar-refractivity contribution is 1.46. The van der Waals surface area contributed by atoms with Gasteiger partial charge in [0.1, 0.15) is 0 Å². The van der Waals surface area contributed by atoms with E-state index in [-0.39, 0.29) is 0 Å². The first-order chi connectivity index (χ1) is 24.1. The molecule has 0 heteroatoms. The molecule has 234 valence electrons. The molecular weight excluding hydrogens is 589 g/mol. The van der Waals surface area contributed by atoms with E-state index in [1.807, 2.05) is 0 Å². The first-order valence-corrected chi connectivity index (χ1v) is 17.6. The van der Waals surface area contributed by atoms with Crippen molar-refractivity contribution in [1.82, 2.24) is 0 Å². The summed E-state index contributed by atoms with van der Waals surface area (Å²) in [7, 11) is 0. The maximum Gasteiger partial charge on any atom is -0.00696 e. The predicted octanol–water partition coefficient (Wildman–Crippen LogP) is 14.2. The summed E-state index contributed by atoms with van der Waals surface area (Å²) in [5.74, 6) is 0. The third kappa shape index (κ3) is 5.44. The van der Waals surface area contributed by atoms with Gasteiger partial charge in [-0.2, -0.15) is 0 Å². The standard InChI is InChI=1S/C46H32.C3H6/c1-29-14-15-36(38-21-19-33-18-17-32-9-5-6-11-40(32)44(33)27-38)26-43(29)41-12-7-13-42-45-28-37(22-23-39(45)24-30(2)46(41)42)35-20-16-31-8-3-4-10-34(31)25-35;1-2-3-1/h3-28H,1-2H3;1-3H2. The van der Waals surface area contributed by atoms with Crippen molar-refractivity contribution in [2.45, 2.75) is 33.1 Å². The molecule has 1 saturated carbocycles. The largest absolute Gasteiger partial charge is 0.0616 e. The van der Waals surface area contributed by atoms with E-state index in [1.54, 1.807) is 0 Å². The van der Waals surface area contributed by atoms with Crippen LogP contribution in [0.3, 0.4) is 0 Å². The monoisotopic (exact) mass is 626 g/mol. The van der Waals surface area contributed by atoms with Gasteiger partial charge in [0.25, 0.3) is 0 Å². The van der Waals surface area contributed by atoms with Gasteiger partial charge < -0.3 is 0 Å². The average Bonchev–Trinajstić information content (AvgIpc) is 4.05. The highest BCUT2D eigenvalue weighted by atomic mass is 14.2. The summed E-state index contributed by atoms with van der Waals surface area (Å²) in [6.07, 6.45) is 4.50. The van der Waals surface area contributed by atoms with Gasteiger partial charge in [0.15, 0.2) is 0 Å². The molecule has 9 aromatic rings. The molecule has 0 amide bonds. The van der Waals surface area contributed by atoms with Crippen molar-refractivity contribution in [3.8, 4) is 33.4 Å². The van der Waals surface area contributed by atoms with Gasteiger partial charge in [0, 0.05) is 0 Å². The second-order valence-corrected chi connectivity index (χ2v) is 13.7. The highest BCUT2D eigenvalue weighted by Gasteiger charge is 2.14. The molecule has 0 aliphatic heterocycles. The lowest BCUT2D eigenvalue weighted by atomic mass is 9.87. The SMILES string of the molecule is C1CC1.Cc1ccc(-c2ccc3ccc4ccccc4c3c2)cc1-c1cccc2c1c(C)cc1ccc(-c3ccc4ccccc4c3)cc12. The molecule has 0 unspecified atom stereocenters. The number of rotatable bonds is 3. The summed E-state index contributed by atoms with van der Waals surface area (Å²) in [6.45, 7) is 4.50. The van der Waals surface area contributed by atoms with E-state index in [0.29, 0.717) is 0 Å². The van der Waals surface area contributed by atoms with E-state index in [1.165, 1.54) is 118 Å². The van der Waals surface area contributed by atoms with E-state index < -0.39 is 0 Å². The van der Waals surface area contributed by atoms with Crippen molar-refractivity contribution in [3.05, 3.63) is 169 Å². The van der Waals surface area contributed by atoms with Crippen LogP contribution in [0.15, 0.2) is 158 Å². The zero-order valence-electron chi connectivity index (χ0n) is 28.1. The summed E-state index contributed by atoms with van der Waals surface area (Å²) < 4.78 is 0. The van der Waals surface area contributed by atoms with Crippen LogP contribution in [-0.2, 0) is 0 Å². The van der Waals surface area contributed by atoms with E-state index in [4.69, 9.17) is 0 Å². The van der Waals surface area contributed by atoms with Crippen LogP contribution in [0, 0.1) is 13.8 Å². The minimum Gasteiger partial charge on any atom is -0.0616 e. The smallest absolute Gasteiger partial charge is 0.00696 e. The summed E-state index contributed by atoms with van der Waals surface area (Å²) in [5, 5.41) is 12.9. The van der Waals surface area contributed by atoms with Gasteiger partial charge in [-0.15, -0.1) is 0 Å². The first-order valence-electron chi connectivity index (χ1n) is 17.6. The molecule has 0 spiro atoms. The first kappa shape index (κ1) is 29.4. The normalized spacial score (nSPS) is 12.4. The van der Waals surface area contributed by atoms with Crippen LogP contribution in [0.25, 0.3) is 87.2 Å². The van der Waals surface area contributed by atoms with Crippen molar-refractivity contribution in [1.29, 1.82) is 0 Å². The van der Waals surface area contributed by atoms with Gasteiger partial charge in [-0.1, -0.05) is 153 Å². The zero-order chi connectivity index (χ0) is 32.9. The fourth-order valence-electron chi connectivity index (χ4n) is 7.47. The fourth-order valence-corrected chi connectivity index (χ4v) is 7.47. The molecular formula is C49H38. The van der Waals surface area contributed by atoms with Crippen molar-refractivity contribution in [3.63, 3.8) is 0 Å². The summed E-state index contributed by atoms with van der Waals surface area (Å²) in [4.78, 5) is 0. The molecule has 1 fully saturated rings. The Morgan fingerprint density at radius 1 is 0.306 bits per heavy atom. The molecule has 0 saturated heterocycles. The summed E-state index contributed by atoms with van der Waals surface area (Å²) >= 11 is 0. The quantitative estimate of drug-likeness (QED) is 0.171. The Labute approximate surface area is 288 Å². The van der Waals surface area contributed by atoms with Crippen molar-refractivity contribution < 1.29 is 0 Å². The second-order valence-electron chi connectivity index (χ2n) is 13.7. The molecule has 0 aromatic heterocycles. The Morgan fingerprint density at radius 3 is 1.59 bits per heavy atom. The van der Waals surface area contributed by atoms with Crippen molar-refractivity contribution >= 4 is 53.9 Å². The van der Waals surface area contributed by atoms with Gasteiger partial charge in [0.2, 0.25) is 0 Å². The van der Waals surface area contributed by atoms with Crippen LogP contribution in [-0.4, -0.2) is 0 Å². The van der Waals surface area contributed by atoms with Crippen LogP contribution < -0.4 is 0 Å². The van der Waals surface area contributed by atoms with Gasteiger partial charge in [-0.3, -0.25) is 0 Å². The Bertz CT molecular complexity index is 2700. The number of aryl methyl sites for hydroxylation is 2. The van der Waals surface area contributed by atoms with Crippen molar-refractivity contribution in [2.75, 3.05) is 0 Å². The van der Waals surface area contributed by atoms with Crippen LogP contribution >= 0.6 is 0 Å². The van der Waals surface area contributed by atoms with E-state index >= 15 is 0 Å². The second kappa shape index (κ2) is 12.1. The molecule has 1 aliphatic rings. The third-order valence-electron chi connectivity index (χ3n) is 10.2. The molecule has 1 aliphatic carbocycles. The van der Waals surface area contributed by atoms with Crippen LogP contribution in [0.5, 0.6) is 0 Å². The van der Waals surface area contributed by atoms with Crippen molar-refractivity contribution in [2.24, 2.45) is 0 Å². The topological polar surface area (TPSA) is 0 Å². The Balaban J connectivity index is 0.00000103. The lowest BCUT2D eigenvalue weighted by Crippen LogP contribution is -1.91. The van der Waals surface area contributed by atoms with Crippen LogP contribution in [0.2, 0.25) is 0 Å². The molecule has 0 atom stereocenters. The number of fused-ring (bicyclic) bond motifs is 7. The minimum atomic E-state index is 1.24. The van der Waals surface area contributed by atoms with Gasteiger partial charge in [-0.05, 0) is 136 Å². The molecule has 10 rings (SSSR count). The highest BCUT2D eigenvalue weighted by molar-refractivity contribution is 6.15. The van der Waals surface area contributed by atoms with Gasteiger partial charge in [0.05, 0.1) is 0 Å². The molecule has 0 heterocycles. The van der Waals surface area contributed by atoms with E-state index in [0.717, 1.165) is 0 Å². The molecule has 0 bridgehead atoms. The number of benzene rings is 9. The average molecular weight is 627 g/mol. The Morgan fingerprint density at radius 2 is 0.837 bits per heavy atom. The summed E-state index contributed by atoms with van der Waals surface area (Å²) in [5.41, 5.74) is 10.1. The Hall–Kier alpha value is -5.72. The number of hydrogen-bond acceptors (Lipinski definition) is 0. The van der Waals surface area contributed by atoms with Gasteiger partial charge in [-0.25, -0.2) is 0 Å². The zero-order valence-corrected chi connectivity index (χ0v) is 28.1. The molecule has 9 aromatic carbocycles. The molecule has 0 radical (unpaired) electrons. The lowest BCUT2D eigenvalue weighted by Gasteiger charge is -2.16. The molecule has 0 N–H and O–H groups in total. The van der Waals surface area contributed by atoms with Crippen LogP contribution in [0.1, 0.15) is 30.4 Å². The fraction of sp³-hybridized carbons (Fsp3) is 0.102. The van der Waals surface area contributed by atoms with E-state index in [9.17, 15) is 0 Å². The maximum atomic E-state index is 2.39. The highest BCUT2D eigenvalue weighted by Crippen LogP contribution is 2.40. The van der Waals surface area contributed by atoms with Crippen LogP contribution in [0.4, 0.5) is 0 Å². The Kier molecular flexibility index (Phi) is 7.24. The number of hydrogen-bond donors (Lipinski definition) is 0. The molecule has 49 heavy (non-hydrogen) atoms. The van der Waals surface area contributed by atoms with E-state index in [2.05, 4.69) is 172 Å². The predicted molar refractivity (Wildman–Crippen MR) is 214 cm³/mol. The maximum absolute atomic E-state index is 2.39. The molecule has 0 nitrogen and oxygen atoms in total. The summed E-state index contributed by atoms with van der Waals surface area (Å²) in [6, 6.07) is 58.5.